The molecule has 0 atom stereocenters. The van der Waals surface area contributed by atoms with Crippen LogP contribution in [-0.4, -0.2) is 28.4 Å². The van der Waals surface area contributed by atoms with E-state index in [2.05, 4.69) is 0 Å². The van der Waals surface area contributed by atoms with Crippen molar-refractivity contribution in [3.05, 3.63) is 116 Å². The lowest BCUT2D eigenvalue weighted by Gasteiger charge is -2.51. The molecule has 5 rings (SSSR count). The summed E-state index contributed by atoms with van der Waals surface area (Å²) in [6.45, 7) is 0. The van der Waals surface area contributed by atoms with Gasteiger partial charge in [0.1, 0.15) is 34.5 Å². The average Bonchev–Trinajstić information content (AvgIpc) is 2.92. The van der Waals surface area contributed by atoms with Crippen molar-refractivity contribution in [2.24, 2.45) is 0 Å². The van der Waals surface area contributed by atoms with E-state index in [-0.39, 0.29) is 23.7 Å². The van der Waals surface area contributed by atoms with E-state index in [1.807, 2.05) is 48.5 Å². The third kappa shape index (κ3) is 4.65. The summed E-state index contributed by atoms with van der Waals surface area (Å²) in [6, 6.07) is 21.5. The number of hydrogen-bond donors (Lipinski definition) is 0. The molecule has 196 valence electrons. The molecular formula is C30H28O8. The van der Waals surface area contributed by atoms with Gasteiger partial charge < -0.3 is 27.8 Å². The third-order valence-electron chi connectivity index (χ3n) is 7.16. The van der Waals surface area contributed by atoms with Crippen molar-refractivity contribution in [3.63, 3.8) is 0 Å². The van der Waals surface area contributed by atoms with Crippen molar-refractivity contribution in [1.29, 1.82) is 0 Å². The SMILES string of the molecule is COc1cccc(C2C(c3cc(OC)cc(=O)o3)C(c3cccc(OC)c3)C2c2cc(OC)cc(=O)o2)c1. The van der Waals surface area contributed by atoms with Gasteiger partial charge in [-0.1, -0.05) is 24.3 Å². The van der Waals surface area contributed by atoms with Crippen LogP contribution in [0.1, 0.15) is 46.3 Å². The molecular weight excluding hydrogens is 488 g/mol. The predicted octanol–water partition coefficient (Wildman–Crippen LogP) is 5.08. The molecule has 2 aromatic carbocycles. The topological polar surface area (TPSA) is 97.3 Å². The molecule has 8 nitrogen and oxygen atoms in total. The lowest BCUT2D eigenvalue weighted by atomic mass is 9.51. The zero-order valence-corrected chi connectivity index (χ0v) is 21.5. The van der Waals surface area contributed by atoms with E-state index in [0.29, 0.717) is 34.5 Å². The van der Waals surface area contributed by atoms with Gasteiger partial charge in [-0.3, -0.25) is 0 Å². The lowest BCUT2D eigenvalue weighted by molar-refractivity contribution is 0.167. The van der Waals surface area contributed by atoms with Crippen LogP contribution in [0.3, 0.4) is 0 Å². The van der Waals surface area contributed by atoms with Crippen LogP contribution in [0, 0.1) is 0 Å². The highest BCUT2D eigenvalue weighted by Crippen LogP contribution is 2.66. The van der Waals surface area contributed by atoms with Gasteiger partial charge in [0.25, 0.3) is 0 Å². The smallest absolute Gasteiger partial charge is 0.339 e. The number of rotatable bonds is 8. The molecule has 2 heterocycles. The maximum absolute atomic E-state index is 12.5. The maximum atomic E-state index is 12.5. The summed E-state index contributed by atoms with van der Waals surface area (Å²) in [7, 11) is 6.23. The molecule has 0 unspecified atom stereocenters. The molecule has 1 fully saturated rings. The predicted molar refractivity (Wildman–Crippen MR) is 140 cm³/mol. The van der Waals surface area contributed by atoms with E-state index in [9.17, 15) is 9.59 Å². The van der Waals surface area contributed by atoms with E-state index in [1.165, 1.54) is 26.4 Å². The number of methoxy groups -OCH3 is 4. The molecule has 0 N–H and O–H groups in total. The molecule has 0 amide bonds. The molecule has 0 saturated heterocycles. The molecule has 38 heavy (non-hydrogen) atoms. The molecule has 4 aromatic rings. The summed E-state index contributed by atoms with van der Waals surface area (Å²) in [5, 5.41) is 0. The summed E-state index contributed by atoms with van der Waals surface area (Å²) in [6.07, 6.45) is 0. The van der Waals surface area contributed by atoms with Gasteiger partial charge in [-0.2, -0.15) is 0 Å². The number of benzene rings is 2. The minimum absolute atomic E-state index is 0.244. The van der Waals surface area contributed by atoms with Crippen molar-refractivity contribution in [2.75, 3.05) is 28.4 Å². The van der Waals surface area contributed by atoms with Crippen LogP contribution in [-0.2, 0) is 0 Å². The first-order valence-corrected chi connectivity index (χ1v) is 12.1. The Kier molecular flexibility index (Phi) is 6.96. The van der Waals surface area contributed by atoms with Crippen LogP contribution in [0.5, 0.6) is 23.0 Å². The molecule has 1 aliphatic carbocycles. The fourth-order valence-corrected chi connectivity index (χ4v) is 5.49. The highest BCUT2D eigenvalue weighted by Gasteiger charge is 2.55. The van der Waals surface area contributed by atoms with Crippen LogP contribution in [0.2, 0.25) is 0 Å². The minimum Gasteiger partial charge on any atom is -0.497 e. The van der Waals surface area contributed by atoms with Gasteiger partial charge in [-0.25, -0.2) is 9.59 Å². The first-order valence-electron chi connectivity index (χ1n) is 12.1. The van der Waals surface area contributed by atoms with Crippen molar-refractivity contribution in [1.82, 2.24) is 0 Å². The van der Waals surface area contributed by atoms with Crippen molar-refractivity contribution in [3.8, 4) is 23.0 Å². The zero-order chi connectivity index (χ0) is 26.8. The van der Waals surface area contributed by atoms with Crippen LogP contribution in [0.25, 0.3) is 0 Å². The van der Waals surface area contributed by atoms with Gasteiger partial charge in [0.05, 0.1) is 40.6 Å². The van der Waals surface area contributed by atoms with Crippen molar-refractivity contribution in [2.45, 2.75) is 23.7 Å². The number of hydrogen-bond acceptors (Lipinski definition) is 8. The Morgan fingerprint density at radius 3 is 1.26 bits per heavy atom. The standard InChI is InChI=1S/C30H28O8/c1-33-19-9-5-7-17(11-19)27-29(23-13-21(35-3)15-25(31)37-23)28(18-8-6-10-20(12-18)34-2)30(27)24-14-22(36-4)16-26(32)38-24/h5-16,27-30H,1-4H3. The normalized spacial score (nSPS) is 20.3. The molecule has 0 bridgehead atoms. The second-order valence-corrected chi connectivity index (χ2v) is 9.09. The van der Waals surface area contributed by atoms with Gasteiger partial charge in [0, 0.05) is 35.8 Å². The Labute approximate surface area is 219 Å². The van der Waals surface area contributed by atoms with Gasteiger partial charge >= 0.3 is 11.3 Å². The Morgan fingerprint density at radius 1 is 0.500 bits per heavy atom. The Hall–Kier alpha value is -4.46. The minimum atomic E-state index is -0.510. The molecule has 1 saturated carbocycles. The summed E-state index contributed by atoms with van der Waals surface area (Å²) in [5.74, 6) is 2.01. The zero-order valence-electron chi connectivity index (χ0n) is 21.5. The lowest BCUT2D eigenvalue weighted by Crippen LogP contribution is -2.40. The molecule has 1 aliphatic rings. The van der Waals surface area contributed by atoms with Gasteiger partial charge in [-0.05, 0) is 35.4 Å². The Bertz CT molecular complexity index is 1430. The quantitative estimate of drug-likeness (QED) is 0.320. The van der Waals surface area contributed by atoms with Crippen LogP contribution < -0.4 is 30.2 Å². The molecule has 0 spiro atoms. The number of ether oxygens (including phenoxy) is 4. The van der Waals surface area contributed by atoms with Gasteiger partial charge in [0.15, 0.2) is 0 Å². The first-order chi connectivity index (χ1) is 18.4. The average molecular weight is 517 g/mol. The molecule has 8 heteroatoms. The van der Waals surface area contributed by atoms with E-state index >= 15 is 0 Å². The molecule has 2 aromatic heterocycles. The van der Waals surface area contributed by atoms with Gasteiger partial charge in [-0.15, -0.1) is 0 Å². The van der Waals surface area contributed by atoms with E-state index < -0.39 is 11.3 Å². The molecule has 0 radical (unpaired) electrons. The van der Waals surface area contributed by atoms with Crippen LogP contribution >= 0.6 is 0 Å². The van der Waals surface area contributed by atoms with Gasteiger partial charge in [0.2, 0.25) is 0 Å². The largest absolute Gasteiger partial charge is 0.497 e. The Balaban J connectivity index is 1.76. The third-order valence-corrected chi connectivity index (χ3v) is 7.16. The van der Waals surface area contributed by atoms with Crippen molar-refractivity contribution < 1.29 is 27.8 Å². The van der Waals surface area contributed by atoms with E-state index in [4.69, 9.17) is 27.8 Å². The molecule has 0 aliphatic heterocycles. The van der Waals surface area contributed by atoms with E-state index in [1.54, 1.807) is 26.4 Å². The first kappa shape index (κ1) is 25.2. The summed E-state index contributed by atoms with van der Waals surface area (Å²) in [5.41, 5.74) is 0.859. The highest BCUT2D eigenvalue weighted by molar-refractivity contribution is 5.48. The maximum Gasteiger partial charge on any atom is 0.339 e. The van der Waals surface area contributed by atoms with E-state index in [0.717, 1.165) is 11.1 Å². The Morgan fingerprint density at radius 2 is 0.895 bits per heavy atom. The summed E-state index contributed by atoms with van der Waals surface area (Å²) >= 11 is 0. The summed E-state index contributed by atoms with van der Waals surface area (Å²) < 4.78 is 33.3. The highest BCUT2D eigenvalue weighted by atomic mass is 16.5. The van der Waals surface area contributed by atoms with Crippen LogP contribution in [0.4, 0.5) is 0 Å². The fourth-order valence-electron chi connectivity index (χ4n) is 5.49. The fraction of sp³-hybridized carbons (Fsp3) is 0.267. The second kappa shape index (κ2) is 10.5. The second-order valence-electron chi connectivity index (χ2n) is 9.09. The summed E-state index contributed by atoms with van der Waals surface area (Å²) in [4.78, 5) is 25.0. The van der Waals surface area contributed by atoms with Crippen LogP contribution in [0.15, 0.2) is 91.2 Å². The monoisotopic (exact) mass is 516 g/mol. The van der Waals surface area contributed by atoms with Crippen molar-refractivity contribution >= 4 is 0 Å².